The second kappa shape index (κ2) is 6.20. The van der Waals surface area contributed by atoms with Crippen molar-refractivity contribution in [3.63, 3.8) is 0 Å². The molecule has 1 heterocycles. The second-order valence-corrected chi connectivity index (χ2v) is 5.58. The van der Waals surface area contributed by atoms with Gasteiger partial charge in [0.1, 0.15) is 5.70 Å². The van der Waals surface area contributed by atoms with Gasteiger partial charge in [0.2, 0.25) is 0 Å². The van der Waals surface area contributed by atoms with Crippen LogP contribution in [0.3, 0.4) is 0 Å². The minimum Gasteiger partial charge on any atom is -0.388 e. The summed E-state index contributed by atoms with van der Waals surface area (Å²) in [5.41, 5.74) is 4.76. The molecule has 2 aromatic rings. The van der Waals surface area contributed by atoms with E-state index in [1.54, 1.807) is 6.07 Å². The summed E-state index contributed by atoms with van der Waals surface area (Å²) in [5, 5.41) is 5.60. The number of carbonyl (C=O) groups excluding carboxylic acids is 2. The van der Waals surface area contributed by atoms with E-state index in [0.717, 1.165) is 22.4 Å². The van der Waals surface area contributed by atoms with E-state index in [4.69, 9.17) is 0 Å². The molecular formula is C19H19N3O2. The molecule has 0 saturated carbocycles. The van der Waals surface area contributed by atoms with Gasteiger partial charge in [0, 0.05) is 25.3 Å². The Hall–Kier alpha value is -3.08. The van der Waals surface area contributed by atoms with Gasteiger partial charge in [-0.3, -0.25) is 14.5 Å². The Balaban J connectivity index is 2.00. The molecule has 5 nitrogen and oxygen atoms in total. The van der Waals surface area contributed by atoms with Crippen LogP contribution in [0.1, 0.15) is 15.9 Å². The van der Waals surface area contributed by atoms with Crippen LogP contribution in [-0.4, -0.2) is 30.8 Å². The molecule has 2 N–H and O–H groups in total. The third-order valence-corrected chi connectivity index (χ3v) is 4.27. The average molecular weight is 321 g/mol. The van der Waals surface area contributed by atoms with E-state index in [1.807, 2.05) is 43.4 Å². The van der Waals surface area contributed by atoms with Crippen molar-refractivity contribution < 1.29 is 9.59 Å². The van der Waals surface area contributed by atoms with Gasteiger partial charge >= 0.3 is 0 Å². The molecule has 24 heavy (non-hydrogen) atoms. The minimum absolute atomic E-state index is 0.162. The van der Waals surface area contributed by atoms with Crippen LogP contribution in [0.25, 0.3) is 11.1 Å². The third kappa shape index (κ3) is 2.54. The molecule has 3 rings (SSSR count). The summed E-state index contributed by atoms with van der Waals surface area (Å²) in [7, 11) is 3.39. The Morgan fingerprint density at radius 2 is 1.75 bits per heavy atom. The predicted molar refractivity (Wildman–Crippen MR) is 94.5 cm³/mol. The zero-order valence-corrected chi connectivity index (χ0v) is 13.7. The maximum Gasteiger partial charge on any atom is 0.267 e. The summed E-state index contributed by atoms with van der Waals surface area (Å²) in [6.45, 7) is 4.10. The van der Waals surface area contributed by atoms with Crippen LogP contribution in [0.15, 0.2) is 54.7 Å². The molecule has 0 aromatic heterocycles. The monoisotopic (exact) mass is 321 g/mol. The van der Waals surface area contributed by atoms with Gasteiger partial charge in [-0.1, -0.05) is 30.8 Å². The number of hydrogen-bond donors (Lipinski definition) is 2. The molecule has 1 aliphatic rings. The number of fused-ring (bicyclic) bond motifs is 1. The molecule has 122 valence electrons. The molecule has 0 saturated heterocycles. The van der Waals surface area contributed by atoms with Crippen molar-refractivity contribution in [2.75, 3.05) is 19.4 Å². The number of amides is 2. The number of hydrogen-bond acceptors (Lipinski definition) is 3. The van der Waals surface area contributed by atoms with Crippen LogP contribution < -0.4 is 10.6 Å². The highest BCUT2D eigenvalue weighted by molar-refractivity contribution is 6.06. The first-order valence-electron chi connectivity index (χ1n) is 7.69. The first kappa shape index (κ1) is 15.8. The lowest BCUT2D eigenvalue weighted by Gasteiger charge is -2.17. The molecule has 0 fully saturated rings. The maximum absolute atomic E-state index is 12.6. The van der Waals surface area contributed by atoms with Gasteiger partial charge in [-0.15, -0.1) is 0 Å². The molecule has 0 spiro atoms. The van der Waals surface area contributed by atoms with Gasteiger partial charge in [-0.2, -0.15) is 0 Å². The van der Waals surface area contributed by atoms with Crippen LogP contribution in [0.2, 0.25) is 0 Å². The van der Waals surface area contributed by atoms with Gasteiger partial charge in [0.05, 0.1) is 6.54 Å². The lowest BCUT2D eigenvalue weighted by Crippen LogP contribution is -2.32. The van der Waals surface area contributed by atoms with E-state index in [0.29, 0.717) is 12.1 Å². The SMILES string of the molecule is C=C(C(=O)NC)N1Cc2c(cccc2-c2ccc(NC)cc2)C1=O. The summed E-state index contributed by atoms with van der Waals surface area (Å²) in [5.74, 6) is -0.539. The van der Waals surface area contributed by atoms with E-state index in [2.05, 4.69) is 17.2 Å². The molecule has 2 amide bonds. The van der Waals surface area contributed by atoms with Crippen molar-refractivity contribution in [1.29, 1.82) is 0 Å². The molecule has 0 aliphatic carbocycles. The highest BCUT2D eigenvalue weighted by Gasteiger charge is 2.32. The fourth-order valence-electron chi connectivity index (χ4n) is 2.90. The Labute approximate surface area is 141 Å². The van der Waals surface area contributed by atoms with Crippen molar-refractivity contribution >= 4 is 17.5 Å². The Bertz CT molecular complexity index is 825. The minimum atomic E-state index is -0.351. The van der Waals surface area contributed by atoms with E-state index >= 15 is 0 Å². The lowest BCUT2D eigenvalue weighted by atomic mass is 9.97. The van der Waals surface area contributed by atoms with E-state index in [1.165, 1.54) is 11.9 Å². The number of likely N-dealkylation sites (N-methyl/N-ethyl adjacent to an activating group) is 1. The normalized spacial score (nSPS) is 12.8. The number of nitrogens with one attached hydrogen (secondary N) is 2. The third-order valence-electron chi connectivity index (χ3n) is 4.27. The molecule has 1 aliphatic heterocycles. The summed E-state index contributed by atoms with van der Waals surface area (Å²) in [4.78, 5) is 25.9. The van der Waals surface area contributed by atoms with Gasteiger partial charge in [-0.25, -0.2) is 0 Å². The molecule has 5 heteroatoms. The second-order valence-electron chi connectivity index (χ2n) is 5.58. The fourth-order valence-corrected chi connectivity index (χ4v) is 2.90. The number of anilines is 1. The van der Waals surface area contributed by atoms with Crippen molar-refractivity contribution in [1.82, 2.24) is 10.2 Å². The standard InChI is InChI=1S/C19H19N3O2/c1-12(18(23)21-3)22-11-17-15(5-4-6-16(17)19(22)24)13-7-9-14(20-2)10-8-13/h4-10,20H,1,11H2,2-3H3,(H,21,23). The van der Waals surface area contributed by atoms with Crippen LogP contribution in [0, 0.1) is 0 Å². The Morgan fingerprint density at radius 3 is 2.38 bits per heavy atom. The molecule has 2 aromatic carbocycles. The molecule has 0 radical (unpaired) electrons. The van der Waals surface area contributed by atoms with Gasteiger partial charge in [0.25, 0.3) is 11.8 Å². The summed E-state index contributed by atoms with van der Waals surface area (Å²) >= 11 is 0. The van der Waals surface area contributed by atoms with Gasteiger partial charge in [-0.05, 0) is 34.9 Å². The number of nitrogens with zero attached hydrogens (tertiary/aromatic N) is 1. The van der Waals surface area contributed by atoms with Crippen molar-refractivity contribution in [2.24, 2.45) is 0 Å². The van der Waals surface area contributed by atoms with E-state index < -0.39 is 0 Å². The van der Waals surface area contributed by atoms with Gasteiger partial charge < -0.3 is 10.6 Å². The highest BCUT2D eigenvalue weighted by atomic mass is 16.2. The van der Waals surface area contributed by atoms with Gasteiger partial charge in [0.15, 0.2) is 0 Å². The zero-order chi connectivity index (χ0) is 17.3. The van der Waals surface area contributed by atoms with E-state index in [9.17, 15) is 9.59 Å². The first-order chi connectivity index (χ1) is 11.6. The summed E-state index contributed by atoms with van der Waals surface area (Å²) < 4.78 is 0. The highest BCUT2D eigenvalue weighted by Crippen LogP contribution is 2.34. The quantitative estimate of drug-likeness (QED) is 0.851. The van der Waals surface area contributed by atoms with Crippen molar-refractivity contribution in [2.45, 2.75) is 6.54 Å². The first-order valence-corrected chi connectivity index (χ1v) is 7.69. The smallest absolute Gasteiger partial charge is 0.267 e. The average Bonchev–Trinajstić information content (AvgIpc) is 2.97. The largest absolute Gasteiger partial charge is 0.388 e. The van der Waals surface area contributed by atoms with Crippen LogP contribution >= 0.6 is 0 Å². The van der Waals surface area contributed by atoms with Crippen LogP contribution in [0.4, 0.5) is 5.69 Å². The van der Waals surface area contributed by atoms with Crippen LogP contribution in [0.5, 0.6) is 0 Å². The number of rotatable bonds is 4. The van der Waals surface area contributed by atoms with Crippen molar-refractivity contribution in [3.05, 3.63) is 65.9 Å². The molecular weight excluding hydrogens is 302 g/mol. The van der Waals surface area contributed by atoms with Crippen molar-refractivity contribution in [3.8, 4) is 11.1 Å². The lowest BCUT2D eigenvalue weighted by molar-refractivity contribution is -0.118. The zero-order valence-electron chi connectivity index (χ0n) is 13.7. The topological polar surface area (TPSA) is 61.4 Å². The summed E-state index contributed by atoms with van der Waals surface area (Å²) in [6.07, 6.45) is 0. The molecule has 0 bridgehead atoms. The summed E-state index contributed by atoms with van der Waals surface area (Å²) in [6, 6.07) is 13.7. The Kier molecular flexibility index (Phi) is 4.08. The molecule has 0 atom stereocenters. The Morgan fingerprint density at radius 1 is 1.08 bits per heavy atom. The fraction of sp³-hybridized carbons (Fsp3) is 0.158. The predicted octanol–water partition coefficient (Wildman–Crippen LogP) is 2.61. The van der Waals surface area contributed by atoms with Crippen LogP contribution in [-0.2, 0) is 11.3 Å². The number of benzene rings is 2. The number of carbonyl (C=O) groups is 2. The van der Waals surface area contributed by atoms with E-state index in [-0.39, 0.29) is 17.5 Å². The molecule has 0 unspecified atom stereocenters. The maximum atomic E-state index is 12.6.